The first kappa shape index (κ1) is 10.3. The summed E-state index contributed by atoms with van der Waals surface area (Å²) < 4.78 is 5.71. The molecule has 2 fully saturated rings. The summed E-state index contributed by atoms with van der Waals surface area (Å²) in [6, 6.07) is 0. The van der Waals surface area contributed by atoms with Crippen LogP contribution in [0.2, 0.25) is 0 Å². The molecule has 2 bridgehead atoms. The van der Waals surface area contributed by atoms with Crippen molar-refractivity contribution >= 4 is 18.5 Å². The highest BCUT2D eigenvalue weighted by atomic mass is 32.1. The molecule has 4 unspecified atom stereocenters. The third-order valence-corrected chi connectivity index (χ3v) is 3.38. The van der Waals surface area contributed by atoms with Gasteiger partial charge in [-0.25, -0.2) is 0 Å². The van der Waals surface area contributed by atoms with Gasteiger partial charge in [0.2, 0.25) is 5.91 Å². The summed E-state index contributed by atoms with van der Waals surface area (Å²) >= 11 is 4.08. The first-order valence-corrected chi connectivity index (χ1v) is 5.79. The molecule has 14 heavy (non-hydrogen) atoms. The molecule has 2 saturated heterocycles. The minimum Gasteiger partial charge on any atom is -0.375 e. The summed E-state index contributed by atoms with van der Waals surface area (Å²) in [7, 11) is 0. The van der Waals surface area contributed by atoms with Gasteiger partial charge in [-0.05, 0) is 26.2 Å². The number of carbonyl (C=O) groups excluding carboxylic acids is 1. The fraction of sp³-hybridized carbons (Fsp3) is 0.900. The molecule has 2 heterocycles. The van der Waals surface area contributed by atoms with Crippen molar-refractivity contribution in [2.45, 2.75) is 43.6 Å². The Hall–Kier alpha value is -0.220. The summed E-state index contributed by atoms with van der Waals surface area (Å²) in [5.41, 5.74) is 0. The summed E-state index contributed by atoms with van der Waals surface area (Å²) in [4.78, 5) is 11.3. The molecular weight excluding hydrogens is 198 g/mol. The number of hydrogen-bond donors (Lipinski definition) is 2. The van der Waals surface area contributed by atoms with Crippen LogP contribution in [0.5, 0.6) is 0 Å². The van der Waals surface area contributed by atoms with Crippen LogP contribution in [-0.4, -0.2) is 29.9 Å². The van der Waals surface area contributed by atoms with Gasteiger partial charge in [-0.2, -0.15) is 12.6 Å². The van der Waals surface area contributed by atoms with Gasteiger partial charge in [0, 0.05) is 12.5 Å². The van der Waals surface area contributed by atoms with E-state index in [0.29, 0.717) is 18.1 Å². The largest absolute Gasteiger partial charge is 0.375 e. The summed E-state index contributed by atoms with van der Waals surface area (Å²) in [5.74, 6) is 0.556. The van der Waals surface area contributed by atoms with E-state index in [4.69, 9.17) is 4.74 Å². The lowest BCUT2D eigenvalue weighted by Gasteiger charge is -2.19. The van der Waals surface area contributed by atoms with Crippen LogP contribution in [0.25, 0.3) is 0 Å². The summed E-state index contributed by atoms with van der Waals surface area (Å²) in [5, 5.41) is 2.70. The highest BCUT2D eigenvalue weighted by molar-refractivity contribution is 7.81. The molecule has 3 nitrogen and oxygen atoms in total. The van der Waals surface area contributed by atoms with E-state index in [0.717, 1.165) is 13.0 Å². The molecule has 0 aromatic rings. The van der Waals surface area contributed by atoms with E-state index in [2.05, 4.69) is 17.9 Å². The van der Waals surface area contributed by atoms with Crippen LogP contribution >= 0.6 is 12.6 Å². The van der Waals surface area contributed by atoms with Gasteiger partial charge in [-0.15, -0.1) is 0 Å². The number of carbonyl (C=O) groups is 1. The molecule has 0 radical (unpaired) electrons. The van der Waals surface area contributed by atoms with Gasteiger partial charge in [0.1, 0.15) is 0 Å². The number of nitrogens with one attached hydrogen (secondary N) is 1. The molecule has 0 aromatic heterocycles. The van der Waals surface area contributed by atoms with Crippen LogP contribution in [0.3, 0.4) is 0 Å². The minimum absolute atomic E-state index is 0.0242. The van der Waals surface area contributed by atoms with E-state index < -0.39 is 0 Å². The van der Waals surface area contributed by atoms with Gasteiger partial charge in [-0.1, -0.05) is 0 Å². The first-order chi connectivity index (χ1) is 6.66. The lowest BCUT2D eigenvalue weighted by molar-refractivity contribution is -0.120. The number of rotatable bonds is 3. The minimum atomic E-state index is -0.213. The van der Waals surface area contributed by atoms with Gasteiger partial charge in [0.05, 0.1) is 17.5 Å². The third kappa shape index (κ3) is 2.06. The Morgan fingerprint density at radius 1 is 1.64 bits per heavy atom. The van der Waals surface area contributed by atoms with Gasteiger partial charge >= 0.3 is 0 Å². The number of ether oxygens (including phenoxy) is 1. The molecule has 2 aliphatic heterocycles. The van der Waals surface area contributed by atoms with Crippen molar-refractivity contribution in [3.05, 3.63) is 0 Å². The monoisotopic (exact) mass is 215 g/mol. The molecule has 0 spiro atoms. The topological polar surface area (TPSA) is 38.3 Å². The highest BCUT2D eigenvalue weighted by Crippen LogP contribution is 2.38. The SMILES string of the molecule is CC(S)C(=O)NCC1CC2CCC1O2. The second-order valence-electron chi connectivity index (χ2n) is 4.29. The van der Waals surface area contributed by atoms with Crippen molar-refractivity contribution in [1.29, 1.82) is 0 Å². The van der Waals surface area contributed by atoms with Crippen molar-refractivity contribution in [3.8, 4) is 0 Å². The molecule has 80 valence electrons. The maximum atomic E-state index is 11.3. The van der Waals surface area contributed by atoms with Gasteiger partial charge in [0.15, 0.2) is 0 Å². The van der Waals surface area contributed by atoms with Crippen LogP contribution in [0.1, 0.15) is 26.2 Å². The average molecular weight is 215 g/mol. The normalized spacial score (nSPS) is 37.1. The second kappa shape index (κ2) is 4.11. The molecule has 0 aromatic carbocycles. The van der Waals surface area contributed by atoms with Crippen LogP contribution in [-0.2, 0) is 9.53 Å². The number of thiol groups is 1. The lowest BCUT2D eigenvalue weighted by Crippen LogP contribution is -2.36. The Balaban J connectivity index is 1.74. The van der Waals surface area contributed by atoms with E-state index in [1.54, 1.807) is 6.92 Å². The van der Waals surface area contributed by atoms with Crippen molar-refractivity contribution in [1.82, 2.24) is 5.32 Å². The quantitative estimate of drug-likeness (QED) is 0.689. The zero-order chi connectivity index (χ0) is 10.1. The summed E-state index contributed by atoms with van der Waals surface area (Å²) in [6.07, 6.45) is 4.36. The number of amides is 1. The summed E-state index contributed by atoms with van der Waals surface area (Å²) in [6.45, 7) is 2.54. The van der Waals surface area contributed by atoms with Crippen molar-refractivity contribution in [3.63, 3.8) is 0 Å². The van der Waals surface area contributed by atoms with E-state index >= 15 is 0 Å². The molecule has 4 atom stereocenters. The standard InChI is InChI=1S/C10H17NO2S/c1-6(14)10(12)11-5-7-4-8-2-3-9(7)13-8/h6-9,14H,2-5H2,1H3,(H,11,12). The lowest BCUT2D eigenvalue weighted by atomic mass is 9.89. The van der Waals surface area contributed by atoms with Crippen LogP contribution in [0, 0.1) is 5.92 Å². The molecule has 0 aliphatic carbocycles. The van der Waals surface area contributed by atoms with Gasteiger partial charge in [0.25, 0.3) is 0 Å². The van der Waals surface area contributed by atoms with E-state index in [1.165, 1.54) is 12.8 Å². The van der Waals surface area contributed by atoms with Crippen LogP contribution in [0.15, 0.2) is 0 Å². The molecule has 4 heteroatoms. The molecule has 1 N–H and O–H groups in total. The predicted molar refractivity (Wildman–Crippen MR) is 57.5 cm³/mol. The van der Waals surface area contributed by atoms with Gasteiger partial charge < -0.3 is 10.1 Å². The zero-order valence-corrected chi connectivity index (χ0v) is 9.30. The number of hydrogen-bond acceptors (Lipinski definition) is 3. The molecule has 0 saturated carbocycles. The molecule has 2 aliphatic rings. The third-order valence-electron chi connectivity index (χ3n) is 3.15. The average Bonchev–Trinajstić information content (AvgIpc) is 2.74. The maximum Gasteiger partial charge on any atom is 0.232 e. The Kier molecular flexibility index (Phi) is 3.02. The van der Waals surface area contributed by atoms with Crippen molar-refractivity contribution < 1.29 is 9.53 Å². The Bertz CT molecular complexity index is 232. The maximum absolute atomic E-state index is 11.3. The molecule has 2 rings (SSSR count). The number of fused-ring (bicyclic) bond motifs is 2. The van der Waals surface area contributed by atoms with Crippen LogP contribution in [0.4, 0.5) is 0 Å². The Morgan fingerprint density at radius 3 is 2.93 bits per heavy atom. The van der Waals surface area contributed by atoms with Gasteiger partial charge in [-0.3, -0.25) is 4.79 Å². The Morgan fingerprint density at radius 2 is 2.43 bits per heavy atom. The van der Waals surface area contributed by atoms with Crippen LogP contribution < -0.4 is 5.32 Å². The van der Waals surface area contributed by atoms with Crippen molar-refractivity contribution in [2.75, 3.05) is 6.54 Å². The Labute approximate surface area is 90.0 Å². The predicted octanol–water partition coefficient (Wildman–Crippen LogP) is 0.988. The fourth-order valence-electron chi connectivity index (χ4n) is 2.34. The van der Waals surface area contributed by atoms with E-state index in [9.17, 15) is 4.79 Å². The molecular formula is C10H17NO2S. The molecule has 1 amide bonds. The van der Waals surface area contributed by atoms with E-state index in [1.807, 2.05) is 0 Å². The zero-order valence-electron chi connectivity index (χ0n) is 8.40. The second-order valence-corrected chi connectivity index (χ2v) is 5.07. The first-order valence-electron chi connectivity index (χ1n) is 5.28. The smallest absolute Gasteiger partial charge is 0.232 e. The highest BCUT2D eigenvalue weighted by Gasteiger charge is 2.40. The van der Waals surface area contributed by atoms with Crippen molar-refractivity contribution in [2.24, 2.45) is 5.92 Å². The fourth-order valence-corrected chi connectivity index (χ4v) is 2.43. The van der Waals surface area contributed by atoms with E-state index in [-0.39, 0.29) is 11.2 Å².